The minimum absolute atomic E-state index is 0.0283. The number of carbonyl (C=O) groups is 1. The number of amides is 1. The smallest absolute Gasteiger partial charge is 0.265 e. The van der Waals surface area contributed by atoms with Crippen LogP contribution in [0.4, 0.5) is 4.39 Å². The molecule has 1 aromatic rings. The normalized spacial score (nSPS) is 24.3. The molecule has 0 aromatic heterocycles. The van der Waals surface area contributed by atoms with Crippen LogP contribution in [-0.2, 0) is 27.1 Å². The van der Waals surface area contributed by atoms with Gasteiger partial charge in [0.05, 0.1) is 12.3 Å². The van der Waals surface area contributed by atoms with Gasteiger partial charge in [0.15, 0.2) is 0 Å². The Hall–Kier alpha value is -2.21. The predicted molar refractivity (Wildman–Crippen MR) is 121 cm³/mol. The minimum Gasteiger partial charge on any atom is -0.495 e. The van der Waals surface area contributed by atoms with Crippen LogP contribution in [0, 0.1) is 17.7 Å². The Morgan fingerprint density at radius 3 is 2.69 bits per heavy atom. The van der Waals surface area contributed by atoms with Crippen molar-refractivity contribution in [1.82, 2.24) is 5.32 Å². The zero-order valence-corrected chi connectivity index (χ0v) is 18.7. The number of rotatable bonds is 6. The largest absolute Gasteiger partial charge is 0.495 e. The van der Waals surface area contributed by atoms with E-state index in [2.05, 4.69) is 16.4 Å². The summed E-state index contributed by atoms with van der Waals surface area (Å²) < 4.78 is 26.1. The Morgan fingerprint density at radius 2 is 1.91 bits per heavy atom. The van der Waals surface area contributed by atoms with E-state index in [9.17, 15) is 9.18 Å². The second kappa shape index (κ2) is 9.74. The van der Waals surface area contributed by atoms with Crippen molar-refractivity contribution in [1.29, 1.82) is 0 Å². The van der Waals surface area contributed by atoms with Gasteiger partial charge in [-0.25, -0.2) is 9.38 Å². The predicted octanol–water partition coefficient (Wildman–Crippen LogP) is 4.49. The Balaban J connectivity index is 1.26. The average molecular weight is 441 g/mol. The lowest BCUT2D eigenvalue weighted by molar-refractivity contribution is -0.116. The molecule has 1 atom stereocenters. The number of ether oxygens (including phenoxy) is 2. The van der Waals surface area contributed by atoms with Crippen molar-refractivity contribution >= 4 is 11.6 Å². The van der Waals surface area contributed by atoms with Gasteiger partial charge in [-0.15, -0.1) is 0 Å². The first kappa shape index (κ1) is 21.6. The van der Waals surface area contributed by atoms with Crippen molar-refractivity contribution in [2.24, 2.45) is 16.8 Å². The van der Waals surface area contributed by atoms with Crippen molar-refractivity contribution in [3.05, 3.63) is 46.6 Å². The van der Waals surface area contributed by atoms with Crippen LogP contribution in [0.15, 0.2) is 34.6 Å². The molecule has 2 fully saturated rings. The van der Waals surface area contributed by atoms with Gasteiger partial charge < -0.3 is 14.8 Å². The van der Waals surface area contributed by atoms with Crippen molar-refractivity contribution in [3.8, 4) is 0 Å². The van der Waals surface area contributed by atoms with Crippen molar-refractivity contribution in [3.63, 3.8) is 0 Å². The van der Waals surface area contributed by atoms with Gasteiger partial charge in [-0.1, -0.05) is 37.8 Å². The molecule has 0 radical (unpaired) electrons. The van der Waals surface area contributed by atoms with Crippen LogP contribution in [0.5, 0.6) is 0 Å². The topological polar surface area (TPSA) is 59.9 Å². The van der Waals surface area contributed by atoms with Crippen molar-refractivity contribution in [2.45, 2.75) is 70.3 Å². The highest BCUT2D eigenvalue weighted by molar-refractivity contribution is 6.39. The molecule has 32 heavy (non-hydrogen) atoms. The molecule has 1 amide bonds. The first-order valence-corrected chi connectivity index (χ1v) is 12.2. The molecule has 3 aliphatic heterocycles. The number of hydrogen-bond acceptors (Lipinski definition) is 4. The number of carbonyl (C=O) groups excluding carboxylic acids is 1. The Kier molecular flexibility index (Phi) is 6.58. The highest BCUT2D eigenvalue weighted by Gasteiger charge is 2.33. The summed E-state index contributed by atoms with van der Waals surface area (Å²) in [6, 6.07) is 5.85. The van der Waals surface area contributed by atoms with Crippen LogP contribution in [0.25, 0.3) is 0 Å². The molecule has 1 aliphatic carbocycles. The molecule has 0 bridgehead atoms. The van der Waals surface area contributed by atoms with E-state index in [1.165, 1.54) is 25.7 Å². The zero-order valence-electron chi connectivity index (χ0n) is 18.7. The van der Waals surface area contributed by atoms with Gasteiger partial charge in [0.1, 0.15) is 17.3 Å². The summed E-state index contributed by atoms with van der Waals surface area (Å²) in [7, 11) is 0. The van der Waals surface area contributed by atoms with E-state index >= 15 is 0 Å². The number of benzene rings is 1. The van der Waals surface area contributed by atoms with E-state index in [1.807, 2.05) is 6.07 Å². The lowest BCUT2D eigenvalue weighted by Gasteiger charge is -2.26. The quantitative estimate of drug-likeness (QED) is 0.709. The monoisotopic (exact) mass is 440 g/mol. The Labute approximate surface area is 189 Å². The molecule has 172 valence electrons. The van der Waals surface area contributed by atoms with E-state index in [1.54, 1.807) is 6.07 Å². The molecule has 1 aromatic carbocycles. The minimum atomic E-state index is -0.0992. The molecule has 1 saturated carbocycles. The summed E-state index contributed by atoms with van der Waals surface area (Å²) >= 11 is 0. The van der Waals surface area contributed by atoms with E-state index < -0.39 is 0 Å². The van der Waals surface area contributed by atoms with Gasteiger partial charge >= 0.3 is 0 Å². The zero-order chi connectivity index (χ0) is 21.9. The third-order valence-corrected chi connectivity index (χ3v) is 7.36. The average Bonchev–Trinajstić information content (AvgIpc) is 3.48. The molecule has 1 N–H and O–H groups in total. The van der Waals surface area contributed by atoms with Crippen LogP contribution < -0.4 is 5.32 Å². The molecule has 4 aliphatic rings. The summed E-state index contributed by atoms with van der Waals surface area (Å²) in [5.74, 6) is 1.36. The number of allylic oxidation sites excluding steroid dienone is 1. The molecule has 1 unspecified atom stereocenters. The second-order valence-electron chi connectivity index (χ2n) is 9.71. The molecule has 6 heteroatoms. The highest BCUT2D eigenvalue weighted by atomic mass is 19.1. The third kappa shape index (κ3) is 4.90. The summed E-state index contributed by atoms with van der Waals surface area (Å²) in [6.07, 6.45) is 9.42. The van der Waals surface area contributed by atoms with Crippen LogP contribution in [0.3, 0.4) is 0 Å². The van der Waals surface area contributed by atoms with Crippen molar-refractivity contribution in [2.75, 3.05) is 19.8 Å². The summed E-state index contributed by atoms with van der Waals surface area (Å²) in [4.78, 5) is 17.6. The van der Waals surface area contributed by atoms with Gasteiger partial charge in [0, 0.05) is 38.0 Å². The third-order valence-electron chi connectivity index (χ3n) is 7.36. The van der Waals surface area contributed by atoms with E-state index in [0.29, 0.717) is 44.3 Å². The lowest BCUT2D eigenvalue weighted by atomic mass is 9.88. The van der Waals surface area contributed by atoms with Crippen LogP contribution in [0.1, 0.15) is 62.5 Å². The van der Waals surface area contributed by atoms with Gasteiger partial charge in [0.2, 0.25) is 0 Å². The van der Waals surface area contributed by atoms with E-state index in [0.717, 1.165) is 48.3 Å². The lowest BCUT2D eigenvalue weighted by Crippen LogP contribution is -2.43. The summed E-state index contributed by atoms with van der Waals surface area (Å²) in [6.45, 7) is 1.98. The van der Waals surface area contributed by atoms with Gasteiger partial charge in [0.25, 0.3) is 5.91 Å². The van der Waals surface area contributed by atoms with Gasteiger partial charge in [-0.2, -0.15) is 0 Å². The van der Waals surface area contributed by atoms with Gasteiger partial charge in [-0.3, -0.25) is 4.79 Å². The molecule has 1 saturated heterocycles. The van der Waals surface area contributed by atoms with E-state index in [4.69, 9.17) is 9.47 Å². The number of nitrogens with zero attached hydrogens (tertiary/aromatic N) is 1. The molecular formula is C26H33FN2O3. The maximum atomic E-state index is 14.8. The summed E-state index contributed by atoms with van der Waals surface area (Å²) in [5.41, 5.74) is 3.25. The van der Waals surface area contributed by atoms with Crippen LogP contribution >= 0.6 is 0 Å². The number of nitrogens with one attached hydrogen (secondary N) is 1. The Bertz CT molecular complexity index is 914. The first-order chi connectivity index (χ1) is 15.7. The molecule has 5 rings (SSSR count). The molecular weight excluding hydrogens is 407 g/mol. The SMILES string of the molecule is O=C(NC1CCOCC1)C1=NC2=C(OCC2)C(Cc2ccc(CC3CCCC3)c(F)c2)C1. The fourth-order valence-electron chi connectivity index (χ4n) is 5.58. The standard InChI is InChI=1S/C26H33FN2O3/c27-22-15-18(5-6-19(22)13-17-3-1-2-4-17)14-20-16-24(29-23-9-12-32-25(20)23)26(30)28-21-7-10-31-11-8-21/h5-6,15,17,20-21H,1-4,7-14,16H2,(H,28,30). The molecule has 0 spiro atoms. The fraction of sp³-hybridized carbons (Fsp3) is 0.615. The summed E-state index contributed by atoms with van der Waals surface area (Å²) in [5, 5.41) is 3.13. The number of hydrogen-bond donors (Lipinski definition) is 1. The number of halogens is 1. The van der Waals surface area contributed by atoms with Crippen molar-refractivity contribution < 1.29 is 18.7 Å². The maximum Gasteiger partial charge on any atom is 0.265 e. The molecule has 3 heterocycles. The molecule has 5 nitrogen and oxygen atoms in total. The fourth-order valence-corrected chi connectivity index (χ4v) is 5.58. The maximum absolute atomic E-state index is 14.8. The highest BCUT2D eigenvalue weighted by Crippen LogP contribution is 2.36. The second-order valence-corrected chi connectivity index (χ2v) is 9.71. The first-order valence-electron chi connectivity index (χ1n) is 12.2. The number of aliphatic imine (C=N–C) groups is 1. The Morgan fingerprint density at radius 1 is 1.09 bits per heavy atom. The van der Waals surface area contributed by atoms with E-state index in [-0.39, 0.29) is 23.7 Å². The van der Waals surface area contributed by atoms with Crippen LogP contribution in [-0.4, -0.2) is 37.5 Å². The van der Waals surface area contributed by atoms with Crippen LogP contribution in [0.2, 0.25) is 0 Å². The van der Waals surface area contributed by atoms with Gasteiger partial charge in [-0.05, 0) is 48.8 Å².